The average molecular weight is 415 g/mol. The summed E-state index contributed by atoms with van der Waals surface area (Å²) in [6, 6.07) is 1.77. The molecular weight excluding hydrogens is 403 g/mol. The fourth-order valence-electron chi connectivity index (χ4n) is 1.86. The third-order valence-corrected chi connectivity index (χ3v) is 6.30. The number of halogens is 3. The monoisotopic (exact) mass is 415 g/mol. The Morgan fingerprint density at radius 2 is 1.80 bits per heavy atom. The van der Waals surface area contributed by atoms with Crippen molar-refractivity contribution < 1.29 is 22.9 Å². The van der Waals surface area contributed by atoms with E-state index in [1.165, 1.54) is 22.6 Å². The van der Waals surface area contributed by atoms with Gasteiger partial charge in [-0.3, -0.25) is 4.79 Å². The van der Waals surface area contributed by atoms with Crippen LogP contribution in [0.3, 0.4) is 0 Å². The number of carbonyl (C=O) groups is 1. The third-order valence-electron chi connectivity index (χ3n) is 3.02. The van der Waals surface area contributed by atoms with E-state index in [2.05, 4.69) is 4.36 Å². The van der Waals surface area contributed by atoms with Gasteiger partial charge < -0.3 is 5.11 Å². The van der Waals surface area contributed by atoms with Crippen molar-refractivity contribution in [1.82, 2.24) is 0 Å². The zero-order valence-corrected chi connectivity index (χ0v) is 13.3. The molecule has 0 atom stereocenters. The highest BCUT2D eigenvalue weighted by Crippen LogP contribution is 2.20. The average Bonchev–Trinajstić information content (AvgIpc) is 2.39. The van der Waals surface area contributed by atoms with Crippen LogP contribution in [0.2, 0.25) is 0 Å². The number of benzene rings is 1. The Kier molecular flexibility index (Phi) is 4.75. The van der Waals surface area contributed by atoms with Gasteiger partial charge in [0.25, 0.3) is 5.91 Å². The first-order chi connectivity index (χ1) is 9.31. The van der Waals surface area contributed by atoms with Gasteiger partial charge in [-0.05, 0) is 47.6 Å². The zero-order chi connectivity index (χ0) is 14.9. The maximum absolute atomic E-state index is 13.4. The lowest BCUT2D eigenvalue weighted by molar-refractivity contribution is 0.100. The Labute approximate surface area is 128 Å². The summed E-state index contributed by atoms with van der Waals surface area (Å²) in [5.74, 6) is -2.35. The molecule has 4 nitrogen and oxygen atoms in total. The minimum atomic E-state index is -2.74. The molecule has 2 rings (SSSR count). The van der Waals surface area contributed by atoms with Crippen LogP contribution in [0, 0.1) is 15.2 Å². The van der Waals surface area contributed by atoms with Crippen molar-refractivity contribution in [3.8, 4) is 0 Å². The molecule has 1 fully saturated rings. The molecule has 0 aliphatic carbocycles. The van der Waals surface area contributed by atoms with E-state index in [0.717, 1.165) is 12.1 Å². The predicted octanol–water partition coefficient (Wildman–Crippen LogP) is 2.33. The minimum absolute atomic E-state index is 0.120. The number of hydrogen-bond donors (Lipinski definition) is 1. The molecule has 0 aromatic heterocycles. The van der Waals surface area contributed by atoms with Crippen LogP contribution in [0.5, 0.6) is 0 Å². The summed E-state index contributed by atoms with van der Waals surface area (Å²) in [6.45, 7) is 0. The second-order valence-corrected chi connectivity index (χ2v) is 8.19. The van der Waals surface area contributed by atoms with Crippen LogP contribution in [0.1, 0.15) is 23.2 Å². The van der Waals surface area contributed by atoms with E-state index >= 15 is 0 Å². The van der Waals surface area contributed by atoms with Crippen molar-refractivity contribution in [2.45, 2.75) is 18.9 Å². The van der Waals surface area contributed by atoms with E-state index in [4.69, 9.17) is 0 Å². The van der Waals surface area contributed by atoms with Gasteiger partial charge >= 0.3 is 0 Å². The van der Waals surface area contributed by atoms with Gasteiger partial charge in [0.15, 0.2) is 0 Å². The van der Waals surface area contributed by atoms with Crippen LogP contribution in [0.25, 0.3) is 0 Å². The molecule has 20 heavy (non-hydrogen) atoms. The van der Waals surface area contributed by atoms with Crippen molar-refractivity contribution in [2.75, 3.05) is 11.5 Å². The highest BCUT2D eigenvalue weighted by Gasteiger charge is 2.23. The van der Waals surface area contributed by atoms with Gasteiger partial charge in [0.05, 0.1) is 19.4 Å². The van der Waals surface area contributed by atoms with Crippen molar-refractivity contribution in [3.05, 3.63) is 32.9 Å². The minimum Gasteiger partial charge on any atom is -0.393 e. The van der Waals surface area contributed by atoms with Gasteiger partial charge in [-0.25, -0.2) is 13.0 Å². The number of nitrogens with zero attached hydrogens (tertiary/aromatic N) is 1. The van der Waals surface area contributed by atoms with E-state index < -0.39 is 33.4 Å². The molecule has 0 unspecified atom stereocenters. The van der Waals surface area contributed by atoms with Gasteiger partial charge in [-0.2, -0.15) is 4.36 Å². The molecule has 1 aliphatic rings. The van der Waals surface area contributed by atoms with E-state index in [-0.39, 0.29) is 20.6 Å². The molecule has 0 spiro atoms. The first-order valence-corrected chi connectivity index (χ1v) is 8.83. The lowest BCUT2D eigenvalue weighted by Gasteiger charge is -2.19. The van der Waals surface area contributed by atoms with Crippen molar-refractivity contribution >= 4 is 38.2 Å². The molecule has 1 heterocycles. The first kappa shape index (κ1) is 15.8. The van der Waals surface area contributed by atoms with Crippen LogP contribution < -0.4 is 0 Å². The lowest BCUT2D eigenvalue weighted by Crippen LogP contribution is -2.27. The van der Waals surface area contributed by atoms with Crippen molar-refractivity contribution in [1.29, 1.82) is 0 Å². The maximum atomic E-state index is 13.4. The Bertz CT molecular complexity index is 634. The maximum Gasteiger partial charge on any atom is 0.285 e. The molecule has 1 saturated heterocycles. The second-order valence-electron chi connectivity index (χ2n) is 4.56. The second kappa shape index (κ2) is 6.02. The van der Waals surface area contributed by atoms with Crippen LogP contribution in [-0.2, 0) is 9.73 Å². The summed E-state index contributed by atoms with van der Waals surface area (Å²) in [4.78, 5) is 11.9. The molecule has 0 saturated carbocycles. The largest absolute Gasteiger partial charge is 0.393 e. The number of carbonyl (C=O) groups excluding carboxylic acids is 1. The summed E-state index contributed by atoms with van der Waals surface area (Å²) in [7, 11) is -2.74. The molecule has 0 radical (unpaired) electrons. The molecule has 1 aromatic carbocycles. The Morgan fingerprint density at radius 3 is 2.30 bits per heavy atom. The molecule has 110 valence electrons. The van der Waals surface area contributed by atoms with E-state index in [9.17, 15) is 22.9 Å². The van der Waals surface area contributed by atoms with Crippen LogP contribution in [-0.4, -0.2) is 32.8 Å². The predicted molar refractivity (Wildman–Crippen MR) is 79.0 cm³/mol. The highest BCUT2D eigenvalue weighted by molar-refractivity contribution is 14.1. The SMILES string of the molecule is O=C(N=S1(=O)CCC(O)CC1)c1cc(F)c(I)c(F)c1. The van der Waals surface area contributed by atoms with Gasteiger partial charge in [-0.1, -0.05) is 0 Å². The molecular formula is C12H12F2INO3S. The zero-order valence-electron chi connectivity index (χ0n) is 10.3. The van der Waals surface area contributed by atoms with Crippen molar-refractivity contribution in [2.24, 2.45) is 4.36 Å². The number of hydrogen-bond acceptors (Lipinski definition) is 3. The molecule has 8 heteroatoms. The number of aliphatic hydroxyl groups excluding tert-OH is 1. The smallest absolute Gasteiger partial charge is 0.285 e. The number of amides is 1. The van der Waals surface area contributed by atoms with Gasteiger partial charge in [0, 0.05) is 17.1 Å². The number of rotatable bonds is 1. The summed E-state index contributed by atoms with van der Waals surface area (Å²) in [5, 5.41) is 9.34. The molecule has 1 aromatic rings. The summed E-state index contributed by atoms with van der Waals surface area (Å²) >= 11 is 1.49. The lowest BCUT2D eigenvalue weighted by atomic mass is 10.2. The summed E-state index contributed by atoms with van der Waals surface area (Å²) in [6.07, 6.45) is 0.0961. The van der Waals surface area contributed by atoms with E-state index in [1.807, 2.05) is 0 Å². The fraction of sp³-hybridized carbons (Fsp3) is 0.417. The molecule has 1 aliphatic heterocycles. The van der Waals surface area contributed by atoms with Gasteiger partial charge in [0.2, 0.25) is 0 Å². The van der Waals surface area contributed by atoms with E-state index in [0.29, 0.717) is 12.8 Å². The first-order valence-electron chi connectivity index (χ1n) is 5.90. The van der Waals surface area contributed by atoms with Crippen molar-refractivity contribution in [3.63, 3.8) is 0 Å². The number of aliphatic hydroxyl groups is 1. The summed E-state index contributed by atoms with van der Waals surface area (Å²) < 4.78 is 42.5. The quantitative estimate of drug-likeness (QED) is 0.566. The van der Waals surface area contributed by atoms with Gasteiger partial charge in [0.1, 0.15) is 11.6 Å². The van der Waals surface area contributed by atoms with E-state index in [1.54, 1.807) is 0 Å². The summed E-state index contributed by atoms with van der Waals surface area (Å²) in [5.41, 5.74) is -0.255. The standard InChI is InChI=1S/C12H12F2INO3S/c13-9-5-7(6-10(14)11(9)15)12(18)16-20(19)3-1-8(17)2-4-20/h5-6,8,17H,1-4H2. The van der Waals surface area contributed by atoms with Crippen LogP contribution >= 0.6 is 22.6 Å². The topological polar surface area (TPSA) is 66.7 Å². The Balaban J connectivity index is 2.31. The van der Waals surface area contributed by atoms with Crippen LogP contribution in [0.4, 0.5) is 8.78 Å². The molecule has 0 bridgehead atoms. The Morgan fingerprint density at radius 1 is 1.30 bits per heavy atom. The normalized spacial score (nSPS) is 26.3. The fourth-order valence-corrected chi connectivity index (χ4v) is 4.25. The molecule has 1 amide bonds. The third kappa shape index (κ3) is 3.53. The van der Waals surface area contributed by atoms with Crippen LogP contribution in [0.15, 0.2) is 16.5 Å². The highest BCUT2D eigenvalue weighted by atomic mass is 127. The Hall–Kier alpha value is -0.610. The van der Waals surface area contributed by atoms with Gasteiger partial charge in [-0.15, -0.1) is 0 Å². The molecule has 1 N–H and O–H groups in total.